The van der Waals surface area contributed by atoms with Gasteiger partial charge in [-0.05, 0) is 26.0 Å². The minimum absolute atomic E-state index is 0.250. The standard InChI is InChI=1S/C11H16FNO2/c1-3-15-11-5-4-9(6-10(11)12)13-7-8(2)14/h4-6,8,13-14H,3,7H2,1-2H3/t8-/m1/s1. The molecule has 0 saturated heterocycles. The summed E-state index contributed by atoms with van der Waals surface area (Å²) in [5.74, 6) is -0.146. The van der Waals surface area contributed by atoms with Crippen molar-refractivity contribution in [2.24, 2.45) is 0 Å². The maximum Gasteiger partial charge on any atom is 0.167 e. The van der Waals surface area contributed by atoms with Crippen molar-refractivity contribution in [3.05, 3.63) is 24.0 Å². The van der Waals surface area contributed by atoms with Crippen LogP contribution in [0.3, 0.4) is 0 Å². The number of nitrogens with one attached hydrogen (secondary N) is 1. The van der Waals surface area contributed by atoms with Crippen molar-refractivity contribution in [2.75, 3.05) is 18.5 Å². The molecule has 0 amide bonds. The van der Waals surface area contributed by atoms with Crippen molar-refractivity contribution in [2.45, 2.75) is 20.0 Å². The number of benzene rings is 1. The summed E-state index contributed by atoms with van der Waals surface area (Å²) >= 11 is 0. The molecule has 0 spiro atoms. The molecule has 1 aromatic rings. The van der Waals surface area contributed by atoms with E-state index in [0.717, 1.165) is 0 Å². The maximum absolute atomic E-state index is 13.3. The molecule has 4 heteroatoms. The van der Waals surface area contributed by atoms with Gasteiger partial charge in [0.2, 0.25) is 0 Å². The molecule has 1 rings (SSSR count). The first kappa shape index (κ1) is 11.8. The molecule has 1 aromatic carbocycles. The first-order valence-corrected chi connectivity index (χ1v) is 4.97. The Balaban J connectivity index is 2.64. The van der Waals surface area contributed by atoms with Crippen LogP contribution in [0.4, 0.5) is 10.1 Å². The highest BCUT2D eigenvalue weighted by molar-refractivity contribution is 5.47. The molecule has 0 fully saturated rings. The van der Waals surface area contributed by atoms with Gasteiger partial charge >= 0.3 is 0 Å². The highest BCUT2D eigenvalue weighted by Crippen LogP contribution is 2.20. The van der Waals surface area contributed by atoms with Gasteiger partial charge in [-0.25, -0.2) is 4.39 Å². The van der Waals surface area contributed by atoms with Gasteiger partial charge in [0.05, 0.1) is 12.7 Å². The summed E-state index contributed by atoms with van der Waals surface area (Å²) in [6.07, 6.45) is -0.459. The van der Waals surface area contributed by atoms with Crippen LogP contribution in [0, 0.1) is 5.82 Å². The van der Waals surface area contributed by atoms with Gasteiger partial charge in [-0.2, -0.15) is 0 Å². The molecule has 0 unspecified atom stereocenters. The third-order valence-electron chi connectivity index (χ3n) is 1.83. The second kappa shape index (κ2) is 5.56. The van der Waals surface area contributed by atoms with Crippen LogP contribution < -0.4 is 10.1 Å². The van der Waals surface area contributed by atoms with E-state index in [4.69, 9.17) is 9.84 Å². The zero-order valence-corrected chi connectivity index (χ0v) is 8.96. The Bertz CT molecular complexity index is 315. The van der Waals surface area contributed by atoms with Crippen molar-refractivity contribution >= 4 is 5.69 Å². The number of hydrogen-bond acceptors (Lipinski definition) is 3. The van der Waals surface area contributed by atoms with Crippen molar-refractivity contribution in [1.82, 2.24) is 0 Å². The molecule has 1 atom stereocenters. The molecule has 2 N–H and O–H groups in total. The fourth-order valence-corrected chi connectivity index (χ4v) is 1.15. The molecule has 84 valence electrons. The SMILES string of the molecule is CCOc1ccc(NC[C@@H](C)O)cc1F. The molecule has 15 heavy (non-hydrogen) atoms. The van der Waals surface area contributed by atoms with Crippen molar-refractivity contribution in [1.29, 1.82) is 0 Å². The largest absolute Gasteiger partial charge is 0.491 e. The monoisotopic (exact) mass is 213 g/mol. The Morgan fingerprint density at radius 1 is 1.53 bits per heavy atom. The third kappa shape index (κ3) is 3.75. The number of anilines is 1. The Labute approximate surface area is 88.9 Å². The van der Waals surface area contributed by atoms with E-state index in [1.54, 1.807) is 26.0 Å². The Kier molecular flexibility index (Phi) is 4.37. The summed E-state index contributed by atoms with van der Waals surface area (Å²) in [7, 11) is 0. The van der Waals surface area contributed by atoms with Gasteiger partial charge in [0.1, 0.15) is 0 Å². The van der Waals surface area contributed by atoms with Gasteiger partial charge in [0.25, 0.3) is 0 Å². The van der Waals surface area contributed by atoms with Crippen LogP contribution in [0.15, 0.2) is 18.2 Å². The Morgan fingerprint density at radius 3 is 2.80 bits per heavy atom. The van der Waals surface area contributed by atoms with E-state index < -0.39 is 11.9 Å². The number of hydrogen-bond donors (Lipinski definition) is 2. The maximum atomic E-state index is 13.3. The van der Waals surface area contributed by atoms with Crippen molar-refractivity contribution in [3.63, 3.8) is 0 Å². The van der Waals surface area contributed by atoms with Crippen LogP contribution in [0.5, 0.6) is 5.75 Å². The number of ether oxygens (including phenoxy) is 1. The lowest BCUT2D eigenvalue weighted by Crippen LogP contribution is -2.15. The zero-order valence-electron chi connectivity index (χ0n) is 8.96. The molecule has 0 saturated carbocycles. The number of halogens is 1. The highest BCUT2D eigenvalue weighted by atomic mass is 19.1. The van der Waals surface area contributed by atoms with Gasteiger partial charge in [-0.3, -0.25) is 0 Å². The van der Waals surface area contributed by atoms with Crippen LogP contribution >= 0.6 is 0 Å². The van der Waals surface area contributed by atoms with Crippen LogP contribution in [0.1, 0.15) is 13.8 Å². The van der Waals surface area contributed by atoms with Crippen LogP contribution in [0.25, 0.3) is 0 Å². The van der Waals surface area contributed by atoms with Gasteiger partial charge in [0, 0.05) is 18.3 Å². The van der Waals surface area contributed by atoms with Crippen LogP contribution in [-0.2, 0) is 0 Å². The molecule has 0 aromatic heterocycles. The van der Waals surface area contributed by atoms with E-state index in [1.165, 1.54) is 6.07 Å². The van der Waals surface area contributed by atoms with E-state index in [2.05, 4.69) is 5.32 Å². The van der Waals surface area contributed by atoms with Gasteiger partial charge in [0.15, 0.2) is 11.6 Å². The normalized spacial score (nSPS) is 12.3. The molecule has 0 aliphatic rings. The van der Waals surface area contributed by atoms with E-state index >= 15 is 0 Å². The average Bonchev–Trinajstić information content (AvgIpc) is 2.19. The van der Waals surface area contributed by atoms with E-state index in [1.807, 2.05) is 0 Å². The zero-order chi connectivity index (χ0) is 11.3. The summed E-state index contributed by atoms with van der Waals surface area (Å²) in [6, 6.07) is 4.65. The highest BCUT2D eigenvalue weighted by Gasteiger charge is 2.04. The summed E-state index contributed by atoms with van der Waals surface area (Å²) < 4.78 is 18.4. The molecule has 0 bridgehead atoms. The molecule has 3 nitrogen and oxygen atoms in total. The van der Waals surface area contributed by atoms with E-state index in [0.29, 0.717) is 18.8 Å². The summed E-state index contributed by atoms with van der Waals surface area (Å²) in [6.45, 7) is 4.31. The van der Waals surface area contributed by atoms with E-state index in [-0.39, 0.29) is 5.75 Å². The fourth-order valence-electron chi connectivity index (χ4n) is 1.15. The molecule has 0 aliphatic carbocycles. The number of aliphatic hydroxyl groups is 1. The van der Waals surface area contributed by atoms with Gasteiger partial charge in [-0.1, -0.05) is 0 Å². The predicted molar refractivity (Wildman–Crippen MR) is 57.7 cm³/mol. The smallest absolute Gasteiger partial charge is 0.167 e. The topological polar surface area (TPSA) is 41.5 Å². The second-order valence-electron chi connectivity index (χ2n) is 3.31. The quantitative estimate of drug-likeness (QED) is 0.786. The van der Waals surface area contributed by atoms with Gasteiger partial charge in [-0.15, -0.1) is 0 Å². The fraction of sp³-hybridized carbons (Fsp3) is 0.455. The first-order valence-electron chi connectivity index (χ1n) is 4.97. The van der Waals surface area contributed by atoms with Crippen molar-refractivity contribution < 1.29 is 14.2 Å². The molecule has 0 heterocycles. The van der Waals surface area contributed by atoms with Crippen molar-refractivity contribution in [3.8, 4) is 5.75 Å². The second-order valence-corrected chi connectivity index (χ2v) is 3.31. The lowest BCUT2D eigenvalue weighted by Gasteiger charge is -2.10. The first-order chi connectivity index (χ1) is 7.13. The molecule has 0 radical (unpaired) electrons. The summed E-state index contributed by atoms with van der Waals surface area (Å²) in [5.41, 5.74) is 0.636. The minimum Gasteiger partial charge on any atom is -0.491 e. The van der Waals surface area contributed by atoms with Gasteiger partial charge < -0.3 is 15.2 Å². The average molecular weight is 213 g/mol. The predicted octanol–water partition coefficient (Wildman–Crippen LogP) is 2.02. The summed E-state index contributed by atoms with van der Waals surface area (Å²) in [4.78, 5) is 0. The summed E-state index contributed by atoms with van der Waals surface area (Å²) in [5, 5.41) is 11.9. The lowest BCUT2D eigenvalue weighted by molar-refractivity contribution is 0.208. The third-order valence-corrected chi connectivity index (χ3v) is 1.83. The molecule has 0 aliphatic heterocycles. The minimum atomic E-state index is -0.459. The molecular weight excluding hydrogens is 197 g/mol. The lowest BCUT2D eigenvalue weighted by atomic mass is 10.2. The molecular formula is C11H16FNO2. The van der Waals surface area contributed by atoms with E-state index in [9.17, 15) is 4.39 Å². The van der Waals surface area contributed by atoms with Crippen LogP contribution in [-0.4, -0.2) is 24.4 Å². The Hall–Kier alpha value is -1.29. The number of rotatable bonds is 5. The Morgan fingerprint density at radius 2 is 2.27 bits per heavy atom. The van der Waals surface area contributed by atoms with Crippen LogP contribution in [0.2, 0.25) is 0 Å². The number of aliphatic hydroxyl groups excluding tert-OH is 1.